The predicted octanol–water partition coefficient (Wildman–Crippen LogP) is 8.81. The molecule has 4 aromatic carbocycles. The van der Waals surface area contributed by atoms with Gasteiger partial charge in [-0.05, 0) is 109 Å². The van der Waals surface area contributed by atoms with E-state index in [1.54, 1.807) is 0 Å². The highest BCUT2D eigenvalue weighted by molar-refractivity contribution is 5.51. The van der Waals surface area contributed by atoms with Crippen molar-refractivity contribution in [2.24, 2.45) is 0 Å². The number of nitrogens with two attached hydrogens (primary N) is 2. The maximum Gasteiger partial charge on any atom is 0.130 e. The fourth-order valence-electron chi connectivity index (χ4n) is 5.73. The Hall–Kier alpha value is -3.92. The molecule has 0 aromatic heterocycles. The fourth-order valence-corrected chi connectivity index (χ4v) is 5.73. The number of benzene rings is 4. The normalized spacial score (nSPS) is 14.7. The summed E-state index contributed by atoms with van der Waals surface area (Å²) in [5.74, 6) is 3.43. The zero-order chi connectivity index (χ0) is 26.5. The first-order valence-electron chi connectivity index (χ1n) is 13.8. The van der Waals surface area contributed by atoms with E-state index in [-0.39, 0.29) is 5.41 Å². The molecule has 0 amide bonds. The van der Waals surface area contributed by atoms with Gasteiger partial charge in [0.1, 0.15) is 23.0 Å². The van der Waals surface area contributed by atoms with E-state index in [1.165, 1.54) is 41.5 Å². The molecule has 4 N–H and O–H groups in total. The number of ether oxygens (including phenoxy) is 2. The molecule has 196 valence electrons. The fraction of sp³-hybridized carbons (Fsp3) is 0.294. The van der Waals surface area contributed by atoms with Gasteiger partial charge in [0.15, 0.2) is 0 Å². The molecule has 0 saturated heterocycles. The molecule has 1 fully saturated rings. The van der Waals surface area contributed by atoms with Crippen molar-refractivity contribution in [3.8, 4) is 23.0 Å². The van der Waals surface area contributed by atoms with E-state index >= 15 is 0 Å². The first kappa shape index (κ1) is 25.7. The van der Waals surface area contributed by atoms with Crippen molar-refractivity contribution in [1.82, 2.24) is 0 Å². The molecule has 0 bridgehead atoms. The highest BCUT2D eigenvalue weighted by Gasteiger charge is 2.36. The molecule has 0 radical (unpaired) electrons. The van der Waals surface area contributed by atoms with Crippen molar-refractivity contribution in [3.05, 3.63) is 107 Å². The Morgan fingerprint density at radius 2 is 1.00 bits per heavy atom. The molecular formula is C34H38N2O2. The minimum absolute atomic E-state index is 0.00839. The third-order valence-electron chi connectivity index (χ3n) is 7.91. The van der Waals surface area contributed by atoms with E-state index in [9.17, 15) is 0 Å². The monoisotopic (exact) mass is 506 g/mol. The largest absolute Gasteiger partial charge is 0.457 e. The van der Waals surface area contributed by atoms with Crippen LogP contribution in [-0.2, 0) is 18.3 Å². The van der Waals surface area contributed by atoms with Crippen LogP contribution in [0.15, 0.2) is 84.9 Å². The Balaban J connectivity index is 1.50. The molecule has 0 spiro atoms. The Morgan fingerprint density at radius 1 is 0.579 bits per heavy atom. The zero-order valence-electron chi connectivity index (χ0n) is 22.5. The second-order valence-electron chi connectivity index (χ2n) is 10.3. The molecule has 0 atom stereocenters. The summed E-state index contributed by atoms with van der Waals surface area (Å²) in [6.45, 7) is 4.39. The maximum atomic E-state index is 6.27. The van der Waals surface area contributed by atoms with Crippen LogP contribution in [0.3, 0.4) is 0 Å². The summed E-state index contributed by atoms with van der Waals surface area (Å²) >= 11 is 0. The van der Waals surface area contributed by atoms with Crippen molar-refractivity contribution >= 4 is 11.4 Å². The summed E-state index contributed by atoms with van der Waals surface area (Å²) in [5, 5.41) is 0. The third-order valence-corrected chi connectivity index (χ3v) is 7.91. The molecule has 4 aromatic rings. The summed E-state index contributed by atoms with van der Waals surface area (Å²) in [7, 11) is 0. The first-order chi connectivity index (χ1) is 18.5. The van der Waals surface area contributed by atoms with E-state index in [0.29, 0.717) is 0 Å². The second kappa shape index (κ2) is 11.2. The van der Waals surface area contributed by atoms with Gasteiger partial charge in [-0.15, -0.1) is 0 Å². The van der Waals surface area contributed by atoms with Crippen molar-refractivity contribution < 1.29 is 9.47 Å². The van der Waals surface area contributed by atoms with Crippen LogP contribution in [0.5, 0.6) is 23.0 Å². The van der Waals surface area contributed by atoms with Crippen LogP contribution in [0.25, 0.3) is 0 Å². The van der Waals surface area contributed by atoms with Gasteiger partial charge in [-0.3, -0.25) is 0 Å². The van der Waals surface area contributed by atoms with E-state index in [1.807, 2.05) is 48.5 Å². The molecule has 4 nitrogen and oxygen atoms in total. The molecule has 5 rings (SSSR count). The number of nitrogen functional groups attached to an aromatic ring is 2. The molecule has 1 aliphatic carbocycles. The van der Waals surface area contributed by atoms with Gasteiger partial charge in [0, 0.05) is 16.8 Å². The smallest absolute Gasteiger partial charge is 0.130 e. The molecule has 0 unspecified atom stereocenters. The van der Waals surface area contributed by atoms with Crippen molar-refractivity contribution in [2.45, 2.75) is 64.2 Å². The maximum absolute atomic E-state index is 6.27. The standard InChI is InChI=1S/C34H38N2O2/c1-3-24-22-26(8-18-32(24)37-30-14-10-28(35)11-15-30)34(20-6-5-7-21-34)27-9-19-33(25(4-2)23-27)38-31-16-12-29(36)13-17-31/h8-19,22-23H,3-7,20-21,35-36H2,1-2H3. The average molecular weight is 507 g/mol. The molecule has 4 heteroatoms. The van der Waals surface area contributed by atoms with E-state index in [2.05, 4.69) is 50.2 Å². The van der Waals surface area contributed by atoms with Gasteiger partial charge in [-0.25, -0.2) is 0 Å². The lowest BCUT2D eigenvalue weighted by atomic mass is 9.65. The number of anilines is 2. The zero-order valence-corrected chi connectivity index (χ0v) is 22.5. The van der Waals surface area contributed by atoms with Gasteiger partial charge in [-0.1, -0.05) is 57.4 Å². The van der Waals surface area contributed by atoms with Gasteiger partial charge in [0.2, 0.25) is 0 Å². The predicted molar refractivity (Wildman–Crippen MR) is 157 cm³/mol. The SMILES string of the molecule is CCc1cc(C2(c3ccc(Oc4ccc(N)cc4)c(CC)c3)CCCCC2)ccc1Oc1ccc(N)cc1. The average Bonchev–Trinajstić information content (AvgIpc) is 2.96. The summed E-state index contributed by atoms with van der Waals surface area (Å²) in [6.07, 6.45) is 7.86. The van der Waals surface area contributed by atoms with Gasteiger partial charge >= 0.3 is 0 Å². The number of hydrogen-bond acceptors (Lipinski definition) is 4. The summed E-state index contributed by atoms with van der Waals surface area (Å²) in [5.41, 5.74) is 18.4. The van der Waals surface area contributed by atoms with E-state index in [0.717, 1.165) is 60.1 Å². The van der Waals surface area contributed by atoms with E-state index in [4.69, 9.17) is 20.9 Å². The quantitative estimate of drug-likeness (QED) is 0.234. The second-order valence-corrected chi connectivity index (χ2v) is 10.3. The third kappa shape index (κ3) is 5.35. The van der Waals surface area contributed by atoms with E-state index < -0.39 is 0 Å². The van der Waals surface area contributed by atoms with Gasteiger partial charge < -0.3 is 20.9 Å². The number of hydrogen-bond donors (Lipinski definition) is 2. The Morgan fingerprint density at radius 3 is 1.39 bits per heavy atom. The van der Waals surface area contributed by atoms with Gasteiger partial charge in [0.25, 0.3) is 0 Å². The molecule has 0 aliphatic heterocycles. The Labute approximate surface area is 226 Å². The summed E-state index contributed by atoms with van der Waals surface area (Å²) in [4.78, 5) is 0. The molecule has 0 heterocycles. The van der Waals surface area contributed by atoms with Crippen molar-refractivity contribution in [2.75, 3.05) is 11.5 Å². The van der Waals surface area contributed by atoms with Gasteiger partial charge in [0.05, 0.1) is 0 Å². The van der Waals surface area contributed by atoms with Crippen LogP contribution >= 0.6 is 0 Å². The molecule has 1 aliphatic rings. The summed E-state index contributed by atoms with van der Waals surface area (Å²) in [6, 6.07) is 28.8. The minimum atomic E-state index is -0.00839. The lowest BCUT2D eigenvalue weighted by Gasteiger charge is -2.39. The topological polar surface area (TPSA) is 70.5 Å². The Kier molecular flexibility index (Phi) is 7.59. The van der Waals surface area contributed by atoms with Crippen LogP contribution in [0, 0.1) is 0 Å². The lowest BCUT2D eigenvalue weighted by Crippen LogP contribution is -2.30. The van der Waals surface area contributed by atoms with Crippen LogP contribution in [-0.4, -0.2) is 0 Å². The summed E-state index contributed by atoms with van der Waals surface area (Å²) < 4.78 is 12.5. The van der Waals surface area contributed by atoms with Crippen molar-refractivity contribution in [1.29, 1.82) is 0 Å². The van der Waals surface area contributed by atoms with Crippen LogP contribution in [0.1, 0.15) is 68.2 Å². The minimum Gasteiger partial charge on any atom is -0.457 e. The van der Waals surface area contributed by atoms with Crippen LogP contribution < -0.4 is 20.9 Å². The molecular weight excluding hydrogens is 468 g/mol. The highest BCUT2D eigenvalue weighted by atomic mass is 16.5. The van der Waals surface area contributed by atoms with Gasteiger partial charge in [-0.2, -0.15) is 0 Å². The highest BCUT2D eigenvalue weighted by Crippen LogP contribution is 2.47. The first-order valence-corrected chi connectivity index (χ1v) is 13.8. The van der Waals surface area contributed by atoms with Crippen LogP contribution in [0.4, 0.5) is 11.4 Å². The number of rotatable bonds is 8. The van der Waals surface area contributed by atoms with Crippen molar-refractivity contribution in [3.63, 3.8) is 0 Å². The number of aryl methyl sites for hydroxylation is 2. The van der Waals surface area contributed by atoms with Crippen LogP contribution in [0.2, 0.25) is 0 Å². The molecule has 1 saturated carbocycles. The Bertz CT molecular complexity index is 1270. The molecule has 38 heavy (non-hydrogen) atoms. The lowest BCUT2D eigenvalue weighted by molar-refractivity contribution is 0.344.